The fourth-order valence-electron chi connectivity index (χ4n) is 1.90. The molecule has 1 fully saturated rings. The Morgan fingerprint density at radius 2 is 1.86 bits per heavy atom. The summed E-state index contributed by atoms with van der Waals surface area (Å²) in [5, 5.41) is 22.3. The average molecular weight is 201 g/mol. The Bertz CT molecular complexity index is 174. The minimum Gasteiger partial charge on any atom is -0.396 e. The maximum absolute atomic E-state index is 10.0. The topological polar surface area (TPSA) is 52.5 Å². The van der Waals surface area contributed by atoms with Crippen molar-refractivity contribution in [3.63, 3.8) is 0 Å². The first-order valence-electron chi connectivity index (χ1n) is 5.51. The van der Waals surface area contributed by atoms with Gasteiger partial charge in [-0.3, -0.25) is 0 Å². The summed E-state index contributed by atoms with van der Waals surface area (Å²) in [7, 11) is 0. The first-order chi connectivity index (χ1) is 6.47. The summed E-state index contributed by atoms with van der Waals surface area (Å²) in [6.07, 6.45) is 4.11. The molecule has 0 bridgehead atoms. The summed E-state index contributed by atoms with van der Waals surface area (Å²) < 4.78 is 0. The molecule has 0 aromatic rings. The third-order valence-corrected chi connectivity index (χ3v) is 3.02. The molecule has 3 nitrogen and oxygen atoms in total. The highest BCUT2D eigenvalue weighted by Gasteiger charge is 2.31. The normalized spacial score (nSPS) is 21.4. The maximum atomic E-state index is 10.0. The average Bonchev–Trinajstić information content (AvgIpc) is 2.52. The number of aliphatic hydroxyl groups excluding tert-OH is 1. The van der Waals surface area contributed by atoms with Crippen LogP contribution in [0.4, 0.5) is 0 Å². The van der Waals surface area contributed by atoms with Gasteiger partial charge in [-0.2, -0.15) is 0 Å². The van der Waals surface area contributed by atoms with Gasteiger partial charge in [-0.05, 0) is 12.8 Å². The Morgan fingerprint density at radius 1 is 1.29 bits per heavy atom. The Labute approximate surface area is 86.5 Å². The highest BCUT2D eigenvalue weighted by atomic mass is 16.3. The summed E-state index contributed by atoms with van der Waals surface area (Å²) in [6, 6.07) is 0. The van der Waals surface area contributed by atoms with Gasteiger partial charge in [0.2, 0.25) is 0 Å². The van der Waals surface area contributed by atoms with E-state index in [1.807, 2.05) is 13.8 Å². The van der Waals surface area contributed by atoms with Crippen LogP contribution in [0.5, 0.6) is 0 Å². The van der Waals surface area contributed by atoms with Gasteiger partial charge in [0.1, 0.15) is 0 Å². The van der Waals surface area contributed by atoms with Crippen molar-refractivity contribution in [2.75, 3.05) is 19.7 Å². The number of hydrogen-bond acceptors (Lipinski definition) is 3. The second kappa shape index (κ2) is 4.60. The molecule has 0 spiro atoms. The zero-order valence-corrected chi connectivity index (χ0v) is 9.34. The summed E-state index contributed by atoms with van der Waals surface area (Å²) in [5.41, 5.74) is -0.569. The molecule has 0 aromatic heterocycles. The Kier molecular flexibility index (Phi) is 3.93. The third kappa shape index (κ3) is 3.56. The maximum Gasteiger partial charge on any atom is 0.0771 e. The van der Waals surface area contributed by atoms with Crippen molar-refractivity contribution in [2.24, 2.45) is 5.41 Å². The molecule has 0 aromatic carbocycles. The standard InChI is InChI=1S/C11H23NO2/c1-10(2,9-13)7-12-8-11(14)5-3-4-6-11/h12-14H,3-9H2,1-2H3. The van der Waals surface area contributed by atoms with Crippen LogP contribution >= 0.6 is 0 Å². The monoisotopic (exact) mass is 201 g/mol. The van der Waals surface area contributed by atoms with Crippen molar-refractivity contribution in [3.8, 4) is 0 Å². The lowest BCUT2D eigenvalue weighted by molar-refractivity contribution is 0.0430. The third-order valence-electron chi connectivity index (χ3n) is 3.02. The molecule has 1 rings (SSSR count). The van der Waals surface area contributed by atoms with Crippen LogP contribution in [0.1, 0.15) is 39.5 Å². The Morgan fingerprint density at radius 3 is 2.36 bits per heavy atom. The largest absolute Gasteiger partial charge is 0.396 e. The van der Waals surface area contributed by atoms with Gasteiger partial charge in [0.25, 0.3) is 0 Å². The zero-order chi connectivity index (χ0) is 10.7. The molecule has 0 radical (unpaired) electrons. The van der Waals surface area contributed by atoms with Crippen molar-refractivity contribution < 1.29 is 10.2 Å². The van der Waals surface area contributed by atoms with E-state index in [-0.39, 0.29) is 12.0 Å². The van der Waals surface area contributed by atoms with E-state index in [2.05, 4.69) is 5.32 Å². The molecule has 0 atom stereocenters. The van der Waals surface area contributed by atoms with Crippen LogP contribution in [0.25, 0.3) is 0 Å². The summed E-state index contributed by atoms with van der Waals surface area (Å²) >= 11 is 0. The molecule has 1 aliphatic rings. The summed E-state index contributed by atoms with van der Waals surface area (Å²) in [4.78, 5) is 0. The minimum absolute atomic E-state index is 0.0883. The molecule has 0 aliphatic heterocycles. The van der Waals surface area contributed by atoms with Gasteiger partial charge in [-0.25, -0.2) is 0 Å². The number of rotatable bonds is 5. The van der Waals surface area contributed by atoms with Gasteiger partial charge in [-0.1, -0.05) is 26.7 Å². The van der Waals surface area contributed by atoms with E-state index in [1.54, 1.807) is 0 Å². The lowest BCUT2D eigenvalue weighted by atomic mass is 9.94. The Balaban J connectivity index is 2.20. The summed E-state index contributed by atoms with van der Waals surface area (Å²) in [5.74, 6) is 0. The highest BCUT2D eigenvalue weighted by Crippen LogP contribution is 2.28. The van der Waals surface area contributed by atoms with Crippen LogP contribution < -0.4 is 5.32 Å². The van der Waals surface area contributed by atoms with E-state index >= 15 is 0 Å². The molecule has 0 unspecified atom stereocenters. The van der Waals surface area contributed by atoms with Gasteiger partial charge in [0.15, 0.2) is 0 Å². The second-order valence-electron chi connectivity index (χ2n) is 5.36. The van der Waals surface area contributed by atoms with E-state index in [4.69, 9.17) is 5.11 Å². The number of nitrogens with one attached hydrogen (secondary N) is 1. The highest BCUT2D eigenvalue weighted by molar-refractivity contribution is 4.87. The van der Waals surface area contributed by atoms with Crippen molar-refractivity contribution >= 4 is 0 Å². The predicted molar refractivity (Wildman–Crippen MR) is 57.2 cm³/mol. The smallest absolute Gasteiger partial charge is 0.0771 e. The molecule has 0 heterocycles. The van der Waals surface area contributed by atoms with Gasteiger partial charge in [0.05, 0.1) is 5.60 Å². The van der Waals surface area contributed by atoms with E-state index in [1.165, 1.54) is 0 Å². The van der Waals surface area contributed by atoms with E-state index in [0.717, 1.165) is 32.2 Å². The first-order valence-corrected chi connectivity index (χ1v) is 5.51. The van der Waals surface area contributed by atoms with Crippen LogP contribution in [0.15, 0.2) is 0 Å². The lowest BCUT2D eigenvalue weighted by Gasteiger charge is -2.27. The van der Waals surface area contributed by atoms with E-state index in [0.29, 0.717) is 6.54 Å². The fraction of sp³-hybridized carbons (Fsp3) is 1.00. The molecule has 0 amide bonds. The quantitative estimate of drug-likeness (QED) is 0.619. The van der Waals surface area contributed by atoms with Gasteiger partial charge in [-0.15, -0.1) is 0 Å². The summed E-state index contributed by atoms with van der Waals surface area (Å²) in [6.45, 7) is 5.62. The molecule has 1 saturated carbocycles. The minimum atomic E-state index is -0.481. The molecule has 3 heteroatoms. The Hall–Kier alpha value is -0.120. The molecule has 3 N–H and O–H groups in total. The number of hydrogen-bond donors (Lipinski definition) is 3. The van der Waals surface area contributed by atoms with Crippen LogP contribution in [0.2, 0.25) is 0 Å². The van der Waals surface area contributed by atoms with Crippen molar-refractivity contribution in [1.82, 2.24) is 5.32 Å². The van der Waals surface area contributed by atoms with Gasteiger partial charge in [0, 0.05) is 25.1 Å². The van der Waals surface area contributed by atoms with Crippen molar-refractivity contribution in [2.45, 2.75) is 45.1 Å². The van der Waals surface area contributed by atoms with E-state index < -0.39 is 5.60 Å². The van der Waals surface area contributed by atoms with Crippen LogP contribution in [0, 0.1) is 5.41 Å². The molecule has 14 heavy (non-hydrogen) atoms. The van der Waals surface area contributed by atoms with Gasteiger partial charge >= 0.3 is 0 Å². The van der Waals surface area contributed by atoms with Gasteiger partial charge < -0.3 is 15.5 Å². The van der Waals surface area contributed by atoms with Crippen molar-refractivity contribution in [3.05, 3.63) is 0 Å². The van der Waals surface area contributed by atoms with Crippen LogP contribution in [-0.2, 0) is 0 Å². The molecule has 84 valence electrons. The van der Waals surface area contributed by atoms with Crippen LogP contribution in [0.3, 0.4) is 0 Å². The first kappa shape index (κ1) is 12.0. The lowest BCUT2D eigenvalue weighted by Crippen LogP contribution is -2.42. The molecular weight excluding hydrogens is 178 g/mol. The molecule has 0 saturated heterocycles. The predicted octanol–water partition coefficient (Wildman–Crippen LogP) is 0.900. The SMILES string of the molecule is CC(C)(CO)CNCC1(O)CCCC1. The van der Waals surface area contributed by atoms with Crippen molar-refractivity contribution in [1.29, 1.82) is 0 Å². The fourth-order valence-corrected chi connectivity index (χ4v) is 1.90. The van der Waals surface area contributed by atoms with E-state index in [9.17, 15) is 5.11 Å². The second-order valence-corrected chi connectivity index (χ2v) is 5.36. The zero-order valence-electron chi connectivity index (χ0n) is 9.34. The molecule has 1 aliphatic carbocycles. The van der Waals surface area contributed by atoms with Crippen LogP contribution in [-0.4, -0.2) is 35.5 Å². The number of aliphatic hydroxyl groups is 2. The molecular formula is C11H23NO2.